The summed E-state index contributed by atoms with van der Waals surface area (Å²) < 4.78 is 2.57. The Labute approximate surface area is 122 Å². The zero-order valence-electron chi connectivity index (χ0n) is 10.6. The number of benzene rings is 1. The second kappa shape index (κ2) is 4.35. The van der Waals surface area contributed by atoms with Crippen LogP contribution in [0.25, 0.3) is 26.3 Å². The Kier molecular flexibility index (Phi) is 2.48. The minimum absolute atomic E-state index is 0.263. The second-order valence-corrected chi connectivity index (χ2v) is 5.50. The smallest absolute Gasteiger partial charge is 0.335 e. The summed E-state index contributed by atoms with van der Waals surface area (Å²) in [5, 5.41) is 14.1. The van der Waals surface area contributed by atoms with Crippen molar-refractivity contribution in [2.45, 2.75) is 0 Å². The zero-order chi connectivity index (χ0) is 14.4. The van der Waals surface area contributed by atoms with E-state index in [1.807, 2.05) is 0 Å². The van der Waals surface area contributed by atoms with E-state index in [1.165, 1.54) is 11.3 Å². The van der Waals surface area contributed by atoms with Crippen molar-refractivity contribution < 1.29 is 9.90 Å². The fraction of sp³-hybridized carbons (Fsp3) is 0. The van der Waals surface area contributed by atoms with Crippen molar-refractivity contribution in [3.8, 4) is 10.6 Å². The Morgan fingerprint density at radius 2 is 2.19 bits per heavy atom. The number of carboxylic acid groups (broad SMARTS) is 1. The summed E-state index contributed by atoms with van der Waals surface area (Å²) >= 11 is 1.45. The van der Waals surface area contributed by atoms with Crippen LogP contribution in [0.2, 0.25) is 0 Å². The maximum absolute atomic E-state index is 11.0. The van der Waals surface area contributed by atoms with E-state index in [1.54, 1.807) is 47.5 Å². The molecule has 1 N–H and O–H groups in total. The molecule has 6 nitrogen and oxygen atoms in total. The summed E-state index contributed by atoms with van der Waals surface area (Å²) in [5.41, 5.74) is 2.80. The van der Waals surface area contributed by atoms with Gasteiger partial charge in [0.15, 0.2) is 0 Å². The summed E-state index contributed by atoms with van der Waals surface area (Å²) in [7, 11) is 0. The molecule has 4 aromatic rings. The van der Waals surface area contributed by atoms with Crippen molar-refractivity contribution >= 4 is 33.0 Å². The normalized spacial score (nSPS) is 11.2. The van der Waals surface area contributed by atoms with Crippen LogP contribution >= 0.6 is 11.3 Å². The van der Waals surface area contributed by atoms with E-state index in [4.69, 9.17) is 5.11 Å². The number of carboxylic acids is 1. The number of aromatic nitrogens is 4. The maximum atomic E-state index is 11.0. The van der Waals surface area contributed by atoms with Crippen LogP contribution in [0, 0.1) is 0 Å². The van der Waals surface area contributed by atoms with Crippen LogP contribution in [0.5, 0.6) is 0 Å². The highest BCUT2D eigenvalue weighted by Crippen LogP contribution is 2.32. The van der Waals surface area contributed by atoms with Gasteiger partial charge in [0.1, 0.15) is 5.01 Å². The van der Waals surface area contributed by atoms with Crippen LogP contribution in [0.1, 0.15) is 10.4 Å². The molecule has 0 bridgehead atoms. The molecule has 0 atom stereocenters. The molecule has 7 heteroatoms. The number of hydrogen-bond donors (Lipinski definition) is 1. The first-order valence-electron chi connectivity index (χ1n) is 6.14. The Morgan fingerprint density at radius 3 is 3.05 bits per heavy atom. The van der Waals surface area contributed by atoms with E-state index < -0.39 is 5.97 Å². The monoisotopic (exact) mass is 296 g/mol. The molecule has 0 radical (unpaired) electrons. The Balaban J connectivity index is 1.92. The summed E-state index contributed by atoms with van der Waals surface area (Å²) in [4.78, 5) is 19.7. The summed E-state index contributed by atoms with van der Waals surface area (Å²) in [6.07, 6.45) is 6.92. The van der Waals surface area contributed by atoms with Gasteiger partial charge in [0.25, 0.3) is 0 Å². The lowest BCUT2D eigenvalue weighted by Crippen LogP contribution is -1.94. The first kappa shape index (κ1) is 12.0. The van der Waals surface area contributed by atoms with E-state index in [0.29, 0.717) is 0 Å². The molecule has 1 aromatic carbocycles. The summed E-state index contributed by atoms with van der Waals surface area (Å²) in [6.45, 7) is 0. The predicted octanol–water partition coefficient (Wildman–Crippen LogP) is 2.70. The number of hydrogen-bond acceptors (Lipinski definition) is 5. The zero-order valence-corrected chi connectivity index (χ0v) is 11.4. The molecule has 0 amide bonds. The highest BCUT2D eigenvalue weighted by atomic mass is 32.1. The fourth-order valence-electron chi connectivity index (χ4n) is 2.17. The molecule has 0 aliphatic rings. The minimum atomic E-state index is -0.938. The lowest BCUT2D eigenvalue weighted by Gasteiger charge is -1.92. The summed E-state index contributed by atoms with van der Waals surface area (Å²) in [5.74, 6) is -0.938. The molecule has 3 heterocycles. The molecule has 0 aliphatic heterocycles. The Bertz CT molecular complexity index is 989. The third-order valence-electron chi connectivity index (χ3n) is 3.19. The van der Waals surface area contributed by atoms with Gasteiger partial charge < -0.3 is 5.11 Å². The van der Waals surface area contributed by atoms with Gasteiger partial charge in [-0.1, -0.05) is 0 Å². The SMILES string of the molecule is O=C(O)c1ccc2nc(-c3cnn4ccncc34)sc2c1. The minimum Gasteiger partial charge on any atom is -0.478 e. The van der Waals surface area contributed by atoms with Crippen molar-refractivity contribution in [3.63, 3.8) is 0 Å². The van der Waals surface area contributed by atoms with Gasteiger partial charge in [-0.05, 0) is 18.2 Å². The average molecular weight is 296 g/mol. The van der Waals surface area contributed by atoms with Gasteiger partial charge in [-0.2, -0.15) is 5.10 Å². The number of rotatable bonds is 2. The maximum Gasteiger partial charge on any atom is 0.335 e. The van der Waals surface area contributed by atoms with Gasteiger partial charge in [-0.3, -0.25) is 4.98 Å². The van der Waals surface area contributed by atoms with Crippen molar-refractivity contribution in [1.82, 2.24) is 19.6 Å². The molecule has 0 unspecified atom stereocenters. The molecule has 0 aliphatic carbocycles. The molecule has 0 saturated heterocycles. The van der Waals surface area contributed by atoms with E-state index in [2.05, 4.69) is 15.1 Å². The van der Waals surface area contributed by atoms with E-state index in [-0.39, 0.29) is 5.56 Å². The van der Waals surface area contributed by atoms with Crippen molar-refractivity contribution in [2.75, 3.05) is 0 Å². The van der Waals surface area contributed by atoms with Gasteiger partial charge in [0.05, 0.1) is 39.3 Å². The predicted molar refractivity (Wildman–Crippen MR) is 78.6 cm³/mol. The second-order valence-electron chi connectivity index (χ2n) is 4.47. The number of carbonyl (C=O) groups is 1. The van der Waals surface area contributed by atoms with Crippen LogP contribution in [0.3, 0.4) is 0 Å². The van der Waals surface area contributed by atoms with Crippen molar-refractivity contribution in [2.24, 2.45) is 0 Å². The largest absolute Gasteiger partial charge is 0.478 e. The van der Waals surface area contributed by atoms with Crippen LogP contribution in [-0.2, 0) is 0 Å². The molecule has 4 rings (SSSR count). The fourth-order valence-corrected chi connectivity index (χ4v) is 3.20. The standard InChI is InChI=1S/C14H8N4O2S/c19-14(20)8-1-2-10-12(5-8)21-13(17-10)9-6-16-18-4-3-15-7-11(9)18/h1-7H,(H,19,20). The molecule has 0 saturated carbocycles. The molecule has 0 fully saturated rings. The number of aromatic carboxylic acids is 1. The molecule has 3 aromatic heterocycles. The molecular weight excluding hydrogens is 288 g/mol. The van der Waals surface area contributed by atoms with Gasteiger partial charge >= 0.3 is 5.97 Å². The number of nitrogens with zero attached hydrogens (tertiary/aromatic N) is 4. The van der Waals surface area contributed by atoms with Crippen LogP contribution < -0.4 is 0 Å². The Morgan fingerprint density at radius 1 is 1.29 bits per heavy atom. The quantitative estimate of drug-likeness (QED) is 0.615. The highest BCUT2D eigenvalue weighted by Gasteiger charge is 2.13. The van der Waals surface area contributed by atoms with E-state index in [9.17, 15) is 4.79 Å². The van der Waals surface area contributed by atoms with Gasteiger partial charge in [-0.25, -0.2) is 14.3 Å². The van der Waals surface area contributed by atoms with Crippen LogP contribution in [0.15, 0.2) is 43.0 Å². The topological polar surface area (TPSA) is 80.4 Å². The molecule has 21 heavy (non-hydrogen) atoms. The molecule has 0 spiro atoms. The lowest BCUT2D eigenvalue weighted by molar-refractivity contribution is 0.0697. The molecule has 102 valence electrons. The van der Waals surface area contributed by atoms with Crippen LogP contribution in [-0.4, -0.2) is 30.7 Å². The molecular formula is C14H8N4O2S. The van der Waals surface area contributed by atoms with Gasteiger partial charge in [0, 0.05) is 12.4 Å². The third-order valence-corrected chi connectivity index (χ3v) is 4.24. The van der Waals surface area contributed by atoms with Gasteiger partial charge in [0.2, 0.25) is 0 Å². The van der Waals surface area contributed by atoms with Crippen molar-refractivity contribution in [1.29, 1.82) is 0 Å². The number of fused-ring (bicyclic) bond motifs is 2. The summed E-state index contributed by atoms with van der Waals surface area (Å²) in [6, 6.07) is 4.93. The lowest BCUT2D eigenvalue weighted by atomic mass is 10.2. The number of thiazole rings is 1. The average Bonchev–Trinajstić information content (AvgIpc) is 3.09. The van der Waals surface area contributed by atoms with E-state index >= 15 is 0 Å². The van der Waals surface area contributed by atoms with Crippen LogP contribution in [0.4, 0.5) is 0 Å². The Hall–Kier alpha value is -2.80. The first-order valence-corrected chi connectivity index (χ1v) is 6.95. The third kappa shape index (κ3) is 1.86. The highest BCUT2D eigenvalue weighted by molar-refractivity contribution is 7.21. The van der Waals surface area contributed by atoms with Crippen molar-refractivity contribution in [3.05, 3.63) is 48.5 Å². The van der Waals surface area contributed by atoms with Gasteiger partial charge in [-0.15, -0.1) is 11.3 Å². The first-order chi connectivity index (χ1) is 10.2. The van der Waals surface area contributed by atoms with E-state index in [0.717, 1.165) is 26.3 Å².